The molecule has 2 heterocycles. The molecule has 2 aromatic rings. The van der Waals surface area contributed by atoms with E-state index in [4.69, 9.17) is 4.99 Å². The van der Waals surface area contributed by atoms with Crippen LogP contribution in [0.3, 0.4) is 0 Å². The van der Waals surface area contributed by atoms with Crippen molar-refractivity contribution < 1.29 is 0 Å². The van der Waals surface area contributed by atoms with E-state index in [2.05, 4.69) is 58.7 Å². The summed E-state index contributed by atoms with van der Waals surface area (Å²) in [6, 6.07) is 17.8. The van der Waals surface area contributed by atoms with Gasteiger partial charge in [-0.05, 0) is 61.4 Å². The van der Waals surface area contributed by atoms with Gasteiger partial charge in [-0.15, -0.1) is 0 Å². The maximum absolute atomic E-state index is 5.18. The van der Waals surface area contributed by atoms with Gasteiger partial charge in [0.2, 0.25) is 0 Å². The molecule has 3 aliphatic rings. The van der Waals surface area contributed by atoms with Gasteiger partial charge in [0.05, 0.1) is 6.54 Å². The standard InChI is InChI=1S/C25H31N3/c1-4-13-25(14-5-1)18-21-10-2-3-12-23(21)27-24(25)26-19-20-9-8-11-22(17-20)28-15-6-7-16-28/h2-3,8-12,17H,1,4-7,13-16,18-19H2,(H,26,27). The summed E-state index contributed by atoms with van der Waals surface area (Å²) in [4.78, 5) is 7.69. The zero-order valence-electron chi connectivity index (χ0n) is 16.8. The third-order valence-electron chi connectivity index (χ3n) is 6.91. The zero-order chi connectivity index (χ0) is 18.8. The normalized spacial score (nSPS) is 22.3. The Morgan fingerprint density at radius 3 is 2.57 bits per heavy atom. The highest BCUT2D eigenvalue weighted by molar-refractivity contribution is 6.02. The number of amidine groups is 1. The second-order valence-corrected chi connectivity index (χ2v) is 8.83. The number of nitrogens with one attached hydrogen (secondary N) is 1. The molecule has 0 amide bonds. The number of hydrogen-bond donors (Lipinski definition) is 1. The monoisotopic (exact) mass is 373 g/mol. The Kier molecular flexibility index (Phi) is 4.84. The molecule has 5 rings (SSSR count). The molecule has 0 aromatic heterocycles. The van der Waals surface area contributed by atoms with E-state index in [1.165, 1.54) is 86.4 Å². The fourth-order valence-electron chi connectivity index (χ4n) is 5.35. The smallest absolute Gasteiger partial charge is 0.108 e. The predicted molar refractivity (Wildman–Crippen MR) is 118 cm³/mol. The molecule has 0 bridgehead atoms. The lowest BCUT2D eigenvalue weighted by Gasteiger charge is -2.42. The maximum Gasteiger partial charge on any atom is 0.108 e. The van der Waals surface area contributed by atoms with Gasteiger partial charge in [0.1, 0.15) is 5.84 Å². The van der Waals surface area contributed by atoms with Gasteiger partial charge >= 0.3 is 0 Å². The van der Waals surface area contributed by atoms with Crippen LogP contribution in [0.2, 0.25) is 0 Å². The Labute approximate surface area is 168 Å². The van der Waals surface area contributed by atoms with Crippen LogP contribution < -0.4 is 10.2 Å². The number of anilines is 2. The first-order valence-electron chi connectivity index (χ1n) is 11.1. The lowest BCUT2D eigenvalue weighted by molar-refractivity contribution is 0.278. The van der Waals surface area contributed by atoms with E-state index in [1.54, 1.807) is 0 Å². The minimum Gasteiger partial charge on any atom is -0.372 e. The Morgan fingerprint density at radius 1 is 0.893 bits per heavy atom. The summed E-state index contributed by atoms with van der Waals surface area (Å²) >= 11 is 0. The molecule has 1 saturated carbocycles. The minimum absolute atomic E-state index is 0.221. The molecule has 28 heavy (non-hydrogen) atoms. The molecule has 0 radical (unpaired) electrons. The van der Waals surface area contributed by atoms with Crippen LogP contribution in [0.25, 0.3) is 0 Å². The van der Waals surface area contributed by atoms with Crippen molar-refractivity contribution in [3.63, 3.8) is 0 Å². The maximum atomic E-state index is 5.18. The van der Waals surface area contributed by atoms with Crippen LogP contribution in [0, 0.1) is 5.41 Å². The van der Waals surface area contributed by atoms with Crippen molar-refractivity contribution in [1.29, 1.82) is 0 Å². The topological polar surface area (TPSA) is 27.6 Å². The summed E-state index contributed by atoms with van der Waals surface area (Å²) in [6.07, 6.45) is 10.3. The van der Waals surface area contributed by atoms with Crippen LogP contribution >= 0.6 is 0 Å². The molecule has 2 fully saturated rings. The van der Waals surface area contributed by atoms with Crippen LogP contribution in [0.4, 0.5) is 11.4 Å². The van der Waals surface area contributed by atoms with Crippen molar-refractivity contribution in [1.82, 2.24) is 0 Å². The average Bonchev–Trinajstić information content (AvgIpc) is 3.28. The van der Waals surface area contributed by atoms with Crippen molar-refractivity contribution >= 4 is 17.2 Å². The molecule has 146 valence electrons. The van der Waals surface area contributed by atoms with E-state index in [1.807, 2.05) is 0 Å². The largest absolute Gasteiger partial charge is 0.372 e. The minimum atomic E-state index is 0.221. The quantitative estimate of drug-likeness (QED) is 0.736. The van der Waals surface area contributed by atoms with Gasteiger partial charge in [0, 0.05) is 29.9 Å². The van der Waals surface area contributed by atoms with Crippen LogP contribution in [0.5, 0.6) is 0 Å². The first kappa shape index (κ1) is 17.8. The number of nitrogens with zero attached hydrogens (tertiary/aromatic N) is 2. The molecular weight excluding hydrogens is 342 g/mol. The number of benzene rings is 2. The summed E-state index contributed by atoms with van der Waals surface area (Å²) in [5.41, 5.74) is 5.62. The van der Waals surface area contributed by atoms with Gasteiger partial charge in [-0.3, -0.25) is 4.99 Å². The van der Waals surface area contributed by atoms with Crippen molar-refractivity contribution in [2.45, 2.75) is 57.9 Å². The summed E-state index contributed by atoms with van der Waals surface area (Å²) in [5.74, 6) is 1.23. The van der Waals surface area contributed by atoms with E-state index in [0.29, 0.717) is 0 Å². The Hall–Kier alpha value is -2.29. The number of fused-ring (bicyclic) bond motifs is 1. The molecule has 1 saturated heterocycles. The summed E-state index contributed by atoms with van der Waals surface area (Å²) < 4.78 is 0. The molecule has 3 heteroatoms. The predicted octanol–water partition coefficient (Wildman–Crippen LogP) is 5.80. The van der Waals surface area contributed by atoms with E-state index < -0.39 is 0 Å². The average molecular weight is 374 g/mol. The Balaban J connectivity index is 1.42. The first-order chi connectivity index (χ1) is 13.8. The number of para-hydroxylation sites is 1. The van der Waals surface area contributed by atoms with Gasteiger partial charge < -0.3 is 10.2 Å². The lowest BCUT2D eigenvalue weighted by atomic mass is 9.67. The fourth-order valence-corrected chi connectivity index (χ4v) is 5.35. The third kappa shape index (κ3) is 3.43. The van der Waals surface area contributed by atoms with Crippen molar-refractivity contribution in [3.05, 3.63) is 59.7 Å². The van der Waals surface area contributed by atoms with Gasteiger partial charge in [-0.2, -0.15) is 0 Å². The van der Waals surface area contributed by atoms with E-state index >= 15 is 0 Å². The van der Waals surface area contributed by atoms with E-state index in [9.17, 15) is 0 Å². The molecule has 2 aromatic carbocycles. The van der Waals surface area contributed by atoms with Crippen molar-refractivity contribution in [3.8, 4) is 0 Å². The highest BCUT2D eigenvalue weighted by Crippen LogP contribution is 2.45. The molecule has 0 atom stereocenters. The highest BCUT2D eigenvalue weighted by Gasteiger charge is 2.40. The van der Waals surface area contributed by atoms with Gasteiger partial charge in [-0.25, -0.2) is 0 Å². The number of aliphatic imine (C=N–C) groups is 1. The first-order valence-corrected chi connectivity index (χ1v) is 11.1. The molecule has 1 spiro atoms. The van der Waals surface area contributed by atoms with Crippen molar-refractivity contribution in [2.75, 3.05) is 23.3 Å². The number of hydrogen-bond acceptors (Lipinski definition) is 2. The molecule has 1 N–H and O–H groups in total. The van der Waals surface area contributed by atoms with Crippen LogP contribution in [-0.2, 0) is 13.0 Å². The van der Waals surface area contributed by atoms with E-state index in [0.717, 1.165) is 13.0 Å². The second kappa shape index (κ2) is 7.62. The van der Waals surface area contributed by atoms with Crippen LogP contribution in [0.15, 0.2) is 53.5 Å². The van der Waals surface area contributed by atoms with Crippen LogP contribution in [-0.4, -0.2) is 18.9 Å². The van der Waals surface area contributed by atoms with E-state index in [-0.39, 0.29) is 5.41 Å². The third-order valence-corrected chi connectivity index (χ3v) is 6.91. The van der Waals surface area contributed by atoms with Crippen molar-refractivity contribution in [2.24, 2.45) is 10.4 Å². The fraction of sp³-hybridized carbons (Fsp3) is 0.480. The molecular formula is C25H31N3. The Morgan fingerprint density at radius 2 is 1.71 bits per heavy atom. The molecule has 2 aliphatic heterocycles. The summed E-state index contributed by atoms with van der Waals surface area (Å²) in [7, 11) is 0. The summed E-state index contributed by atoms with van der Waals surface area (Å²) in [5, 5.41) is 3.74. The highest BCUT2D eigenvalue weighted by atomic mass is 15.1. The SMILES string of the molecule is c1cc(CN=C2Nc3ccccc3CC23CCCCC3)cc(N2CCCC2)c1. The molecule has 1 aliphatic carbocycles. The zero-order valence-corrected chi connectivity index (χ0v) is 16.8. The molecule has 0 unspecified atom stereocenters. The lowest BCUT2D eigenvalue weighted by Crippen LogP contribution is -2.43. The molecule has 3 nitrogen and oxygen atoms in total. The van der Waals surface area contributed by atoms with Gasteiger partial charge in [-0.1, -0.05) is 49.6 Å². The summed E-state index contributed by atoms with van der Waals surface area (Å²) in [6.45, 7) is 3.16. The second-order valence-electron chi connectivity index (χ2n) is 8.83. The van der Waals surface area contributed by atoms with Crippen LogP contribution in [0.1, 0.15) is 56.1 Å². The Bertz CT molecular complexity index is 858. The van der Waals surface area contributed by atoms with Gasteiger partial charge in [0.25, 0.3) is 0 Å². The van der Waals surface area contributed by atoms with Gasteiger partial charge in [0.15, 0.2) is 0 Å². The number of rotatable bonds is 3.